The highest BCUT2D eigenvalue weighted by atomic mass is 19.1. The van der Waals surface area contributed by atoms with E-state index in [9.17, 15) is 19.1 Å². The van der Waals surface area contributed by atoms with Crippen LogP contribution in [0.2, 0.25) is 0 Å². The Morgan fingerprint density at radius 1 is 1.48 bits per heavy atom. The summed E-state index contributed by atoms with van der Waals surface area (Å²) in [4.78, 5) is 25.6. The second kappa shape index (κ2) is 6.40. The minimum absolute atomic E-state index is 0.178. The van der Waals surface area contributed by atoms with E-state index in [1.54, 1.807) is 18.7 Å². The lowest BCUT2D eigenvalue weighted by Crippen LogP contribution is -2.50. The molecular formula is C17H20FNO4. The van der Waals surface area contributed by atoms with Gasteiger partial charge in [-0.1, -0.05) is 13.5 Å². The van der Waals surface area contributed by atoms with E-state index >= 15 is 0 Å². The number of carboxylic acid groups (broad SMARTS) is 1. The van der Waals surface area contributed by atoms with Gasteiger partial charge in [0.1, 0.15) is 11.9 Å². The van der Waals surface area contributed by atoms with Gasteiger partial charge in [0.15, 0.2) is 0 Å². The molecule has 0 aromatic heterocycles. The Balaban J connectivity index is 2.69. The highest BCUT2D eigenvalue weighted by Crippen LogP contribution is 2.50. The summed E-state index contributed by atoms with van der Waals surface area (Å²) in [5, 5.41) is 9.36. The number of carbonyl (C=O) groups excluding carboxylic acids is 1. The Hall–Kier alpha value is -2.37. The molecular weight excluding hydrogens is 301 g/mol. The smallest absolute Gasteiger partial charge is 0.330 e. The molecule has 1 aromatic rings. The van der Waals surface area contributed by atoms with E-state index in [0.717, 1.165) is 0 Å². The van der Waals surface area contributed by atoms with Crippen LogP contribution in [0.3, 0.4) is 0 Å². The summed E-state index contributed by atoms with van der Waals surface area (Å²) in [5.41, 5.74) is 0.0203. The number of carbonyl (C=O) groups is 2. The molecule has 124 valence electrons. The first-order valence-electron chi connectivity index (χ1n) is 7.50. The number of ether oxygens (including phenoxy) is 1. The number of fused-ring (bicyclic) bond motifs is 1. The molecule has 0 spiro atoms. The van der Waals surface area contributed by atoms with Crippen molar-refractivity contribution in [3.63, 3.8) is 0 Å². The third kappa shape index (κ3) is 2.69. The van der Waals surface area contributed by atoms with Crippen LogP contribution >= 0.6 is 0 Å². The van der Waals surface area contributed by atoms with Crippen LogP contribution in [0, 0.1) is 5.82 Å². The fourth-order valence-corrected chi connectivity index (χ4v) is 3.42. The first-order valence-corrected chi connectivity index (χ1v) is 7.50. The molecule has 1 N–H and O–H groups in total. The maximum absolute atomic E-state index is 13.8. The third-order valence-electron chi connectivity index (χ3n) is 4.38. The van der Waals surface area contributed by atoms with Gasteiger partial charge >= 0.3 is 11.9 Å². The summed E-state index contributed by atoms with van der Waals surface area (Å²) in [6.07, 6.45) is 1.51. The SMILES string of the molecule is C=CN1c2ccc(F)cc2C(CC)(CC(=O)O)C1C(=O)OCC. The molecule has 6 heteroatoms. The molecule has 0 saturated carbocycles. The number of hydrogen-bond donors (Lipinski definition) is 1. The Morgan fingerprint density at radius 3 is 2.70 bits per heavy atom. The van der Waals surface area contributed by atoms with Gasteiger partial charge in [0.2, 0.25) is 0 Å². The van der Waals surface area contributed by atoms with E-state index in [2.05, 4.69) is 6.58 Å². The number of halogens is 1. The molecule has 5 nitrogen and oxygen atoms in total. The molecule has 0 bridgehead atoms. The van der Waals surface area contributed by atoms with Gasteiger partial charge in [0.05, 0.1) is 13.0 Å². The second-order valence-electron chi connectivity index (χ2n) is 5.49. The number of hydrogen-bond acceptors (Lipinski definition) is 4. The molecule has 2 atom stereocenters. The quantitative estimate of drug-likeness (QED) is 0.816. The van der Waals surface area contributed by atoms with Gasteiger partial charge in [-0.15, -0.1) is 0 Å². The van der Waals surface area contributed by atoms with E-state index in [1.807, 2.05) is 0 Å². The number of aliphatic carboxylic acids is 1. The van der Waals surface area contributed by atoms with Crippen molar-refractivity contribution in [2.24, 2.45) is 0 Å². The lowest BCUT2D eigenvalue weighted by molar-refractivity contribution is -0.147. The van der Waals surface area contributed by atoms with Gasteiger partial charge in [-0.3, -0.25) is 4.79 Å². The molecule has 0 radical (unpaired) electrons. The van der Waals surface area contributed by atoms with E-state index in [4.69, 9.17) is 4.74 Å². The van der Waals surface area contributed by atoms with Crippen molar-refractivity contribution in [1.29, 1.82) is 0 Å². The van der Waals surface area contributed by atoms with E-state index in [-0.39, 0.29) is 13.0 Å². The van der Waals surface area contributed by atoms with Crippen molar-refractivity contribution < 1.29 is 23.8 Å². The lowest BCUT2D eigenvalue weighted by atomic mass is 9.71. The maximum atomic E-state index is 13.8. The molecule has 1 aromatic carbocycles. The van der Waals surface area contributed by atoms with Gasteiger partial charge < -0.3 is 14.7 Å². The zero-order chi connectivity index (χ0) is 17.2. The minimum Gasteiger partial charge on any atom is -0.481 e. The molecule has 2 rings (SSSR count). The summed E-state index contributed by atoms with van der Waals surface area (Å²) in [5.74, 6) is -2.06. The summed E-state index contributed by atoms with van der Waals surface area (Å²) in [7, 11) is 0. The summed E-state index contributed by atoms with van der Waals surface area (Å²) < 4.78 is 18.9. The van der Waals surface area contributed by atoms with Crippen LogP contribution in [-0.2, 0) is 19.7 Å². The normalized spacial score (nSPS) is 22.6. The van der Waals surface area contributed by atoms with Crippen LogP contribution in [0.5, 0.6) is 0 Å². The van der Waals surface area contributed by atoms with Crippen molar-refractivity contribution in [1.82, 2.24) is 0 Å². The number of anilines is 1. The number of rotatable bonds is 6. The lowest BCUT2D eigenvalue weighted by Gasteiger charge is -2.34. The van der Waals surface area contributed by atoms with Gasteiger partial charge in [-0.05, 0) is 43.3 Å². The number of nitrogens with zero attached hydrogens (tertiary/aromatic N) is 1. The maximum Gasteiger partial charge on any atom is 0.330 e. The predicted octanol–water partition coefficient (Wildman–Crippen LogP) is 2.84. The summed E-state index contributed by atoms with van der Waals surface area (Å²) in [6, 6.07) is 3.25. The zero-order valence-corrected chi connectivity index (χ0v) is 13.2. The summed E-state index contributed by atoms with van der Waals surface area (Å²) >= 11 is 0. The zero-order valence-electron chi connectivity index (χ0n) is 13.2. The van der Waals surface area contributed by atoms with Crippen LogP contribution in [0.25, 0.3) is 0 Å². The van der Waals surface area contributed by atoms with Crippen molar-refractivity contribution >= 4 is 17.6 Å². The van der Waals surface area contributed by atoms with E-state index in [1.165, 1.54) is 24.4 Å². The molecule has 1 aliphatic rings. The van der Waals surface area contributed by atoms with Crippen LogP contribution < -0.4 is 4.90 Å². The van der Waals surface area contributed by atoms with E-state index in [0.29, 0.717) is 17.7 Å². The molecule has 1 aliphatic heterocycles. The van der Waals surface area contributed by atoms with Gasteiger partial charge in [0.25, 0.3) is 0 Å². The molecule has 0 aliphatic carbocycles. The van der Waals surface area contributed by atoms with E-state index < -0.39 is 29.2 Å². The predicted molar refractivity (Wildman–Crippen MR) is 83.7 cm³/mol. The largest absolute Gasteiger partial charge is 0.481 e. The van der Waals surface area contributed by atoms with Crippen molar-refractivity contribution in [3.8, 4) is 0 Å². The number of benzene rings is 1. The Morgan fingerprint density at radius 2 is 2.17 bits per heavy atom. The highest BCUT2D eigenvalue weighted by molar-refractivity contribution is 5.89. The molecule has 23 heavy (non-hydrogen) atoms. The van der Waals surface area contributed by atoms with Crippen LogP contribution in [0.1, 0.15) is 32.3 Å². The fraction of sp³-hybridized carbons (Fsp3) is 0.412. The molecule has 0 saturated heterocycles. The highest BCUT2D eigenvalue weighted by Gasteiger charge is 2.54. The average Bonchev–Trinajstić information content (AvgIpc) is 2.76. The first-order chi connectivity index (χ1) is 10.9. The van der Waals surface area contributed by atoms with Crippen molar-refractivity contribution in [2.45, 2.75) is 38.1 Å². The Kier molecular flexibility index (Phi) is 4.73. The van der Waals surface area contributed by atoms with Gasteiger partial charge in [-0.2, -0.15) is 0 Å². The van der Waals surface area contributed by atoms with Crippen LogP contribution in [-0.4, -0.2) is 29.7 Å². The molecule has 2 unspecified atom stereocenters. The Labute approximate surface area is 134 Å². The minimum atomic E-state index is -1.07. The van der Waals surface area contributed by atoms with Crippen molar-refractivity contribution in [2.75, 3.05) is 11.5 Å². The van der Waals surface area contributed by atoms with Crippen LogP contribution in [0.15, 0.2) is 31.0 Å². The van der Waals surface area contributed by atoms with Gasteiger partial charge in [0, 0.05) is 11.1 Å². The standard InChI is InChI=1S/C17H20FNO4/c1-4-17(10-14(20)21)12-9-11(18)7-8-13(12)19(5-2)15(17)16(22)23-6-3/h5,7-9,15H,2,4,6,10H2,1,3H3,(H,20,21). The first kappa shape index (κ1) is 17.0. The average molecular weight is 321 g/mol. The Bertz CT molecular complexity index is 645. The third-order valence-corrected chi connectivity index (χ3v) is 4.38. The second-order valence-corrected chi connectivity index (χ2v) is 5.49. The fourth-order valence-electron chi connectivity index (χ4n) is 3.42. The van der Waals surface area contributed by atoms with Crippen LogP contribution in [0.4, 0.5) is 10.1 Å². The molecule has 1 heterocycles. The topological polar surface area (TPSA) is 66.8 Å². The van der Waals surface area contributed by atoms with Crippen molar-refractivity contribution in [3.05, 3.63) is 42.4 Å². The summed E-state index contributed by atoms with van der Waals surface area (Å²) in [6.45, 7) is 7.36. The molecule has 0 fully saturated rings. The van der Waals surface area contributed by atoms with Gasteiger partial charge in [-0.25, -0.2) is 9.18 Å². The molecule has 0 amide bonds. The monoisotopic (exact) mass is 321 g/mol. The number of esters is 1. The number of carboxylic acids is 1.